The van der Waals surface area contributed by atoms with Crippen molar-refractivity contribution >= 4 is 34.2 Å². The Kier molecular flexibility index (Phi) is 6.17. The van der Waals surface area contributed by atoms with E-state index in [0.29, 0.717) is 0 Å². The first kappa shape index (κ1) is 22.0. The fourth-order valence-electron chi connectivity index (χ4n) is 4.57. The Morgan fingerprint density at radius 1 is 1.00 bits per heavy atom. The Morgan fingerprint density at radius 2 is 1.79 bits per heavy atom. The smallest absolute Gasteiger partial charge is 0.150 e. The summed E-state index contributed by atoms with van der Waals surface area (Å²) in [6.45, 7) is 8.47. The molecule has 3 heterocycles. The average molecular weight is 451 g/mol. The van der Waals surface area contributed by atoms with E-state index in [1.807, 2.05) is 24.3 Å². The van der Waals surface area contributed by atoms with Gasteiger partial charge in [0, 0.05) is 30.6 Å². The van der Waals surface area contributed by atoms with Crippen LogP contribution >= 0.6 is 0 Å². The van der Waals surface area contributed by atoms with Crippen LogP contribution in [0.3, 0.4) is 0 Å². The fraction of sp³-hybridized carbons (Fsp3) is 0.241. The lowest BCUT2D eigenvalue weighted by Gasteiger charge is -2.25. The summed E-state index contributed by atoms with van der Waals surface area (Å²) in [4.78, 5) is 7.31. The van der Waals surface area contributed by atoms with Crippen LogP contribution in [0.5, 0.6) is 0 Å². The maximum atomic E-state index is 5.53. The van der Waals surface area contributed by atoms with Gasteiger partial charge in [-0.05, 0) is 80.4 Å². The molecule has 0 spiro atoms. The molecule has 0 N–H and O–H groups in total. The first-order valence-corrected chi connectivity index (χ1v) is 12.0. The van der Waals surface area contributed by atoms with Crippen molar-refractivity contribution in [2.45, 2.75) is 33.2 Å². The van der Waals surface area contributed by atoms with Gasteiger partial charge >= 0.3 is 0 Å². The summed E-state index contributed by atoms with van der Waals surface area (Å²) in [7, 11) is 0. The van der Waals surface area contributed by atoms with Crippen LogP contribution in [0.15, 0.2) is 94.2 Å². The number of hydrazone groups is 1. The van der Waals surface area contributed by atoms with Crippen molar-refractivity contribution in [1.29, 1.82) is 0 Å². The molecular weight excluding hydrogens is 420 g/mol. The van der Waals surface area contributed by atoms with Crippen molar-refractivity contribution < 1.29 is 4.42 Å². The van der Waals surface area contributed by atoms with Gasteiger partial charge in [-0.2, -0.15) is 5.10 Å². The van der Waals surface area contributed by atoms with Gasteiger partial charge in [0.1, 0.15) is 11.6 Å². The number of fused-ring (bicyclic) bond motifs is 1. The zero-order chi connectivity index (χ0) is 23.5. The molecule has 4 aromatic rings. The van der Waals surface area contributed by atoms with Crippen molar-refractivity contribution in [2.75, 3.05) is 23.0 Å². The van der Waals surface area contributed by atoms with Crippen LogP contribution in [-0.4, -0.2) is 23.8 Å². The van der Waals surface area contributed by atoms with Crippen LogP contribution in [0.2, 0.25) is 0 Å². The summed E-state index contributed by atoms with van der Waals surface area (Å²) in [5.41, 5.74) is 5.60. The van der Waals surface area contributed by atoms with Crippen LogP contribution in [0, 0.1) is 0 Å². The van der Waals surface area contributed by atoms with Gasteiger partial charge in [0.05, 0.1) is 23.5 Å². The molecule has 2 aromatic heterocycles. The SMILES string of the molecule is CCN(CC)c1ccc(C2CC(C(C)=Cc3ccco3)=NN2c2ccc3ccccc3n2)cc1. The summed E-state index contributed by atoms with van der Waals surface area (Å²) >= 11 is 0. The molecule has 0 amide bonds. The van der Waals surface area contributed by atoms with Crippen molar-refractivity contribution in [1.82, 2.24) is 4.98 Å². The zero-order valence-electron chi connectivity index (χ0n) is 20.0. The lowest BCUT2D eigenvalue weighted by atomic mass is 9.98. The molecule has 34 heavy (non-hydrogen) atoms. The number of allylic oxidation sites excluding steroid dienone is 1. The van der Waals surface area contributed by atoms with Crippen LogP contribution in [0.1, 0.15) is 44.6 Å². The van der Waals surface area contributed by atoms with E-state index < -0.39 is 0 Å². The van der Waals surface area contributed by atoms with Crippen LogP contribution in [-0.2, 0) is 0 Å². The Morgan fingerprint density at radius 3 is 2.53 bits per heavy atom. The maximum Gasteiger partial charge on any atom is 0.150 e. The van der Waals surface area contributed by atoms with Gasteiger partial charge in [-0.15, -0.1) is 0 Å². The fourth-order valence-corrected chi connectivity index (χ4v) is 4.57. The van der Waals surface area contributed by atoms with Gasteiger partial charge < -0.3 is 9.32 Å². The monoisotopic (exact) mass is 450 g/mol. The summed E-state index contributed by atoms with van der Waals surface area (Å²) < 4.78 is 5.53. The molecule has 1 aliphatic rings. The first-order valence-electron chi connectivity index (χ1n) is 12.0. The molecule has 5 heteroatoms. The largest absolute Gasteiger partial charge is 0.465 e. The van der Waals surface area contributed by atoms with Crippen molar-refractivity contribution in [3.63, 3.8) is 0 Å². The Hall–Kier alpha value is -3.86. The number of aromatic nitrogens is 1. The first-order chi connectivity index (χ1) is 16.7. The van der Waals surface area contributed by atoms with Crippen molar-refractivity contribution in [3.05, 3.63) is 96.0 Å². The minimum Gasteiger partial charge on any atom is -0.465 e. The third-order valence-electron chi connectivity index (χ3n) is 6.49. The predicted molar refractivity (Wildman–Crippen MR) is 141 cm³/mol. The number of nitrogens with zero attached hydrogens (tertiary/aromatic N) is 4. The van der Waals surface area contributed by atoms with E-state index >= 15 is 0 Å². The highest BCUT2D eigenvalue weighted by atomic mass is 16.3. The number of hydrogen-bond donors (Lipinski definition) is 0. The van der Waals surface area contributed by atoms with Gasteiger partial charge in [0.15, 0.2) is 0 Å². The molecule has 172 valence electrons. The second-order valence-electron chi connectivity index (χ2n) is 8.58. The standard InChI is InChI=1S/C29H30N4O/c1-4-32(5-2)24-15-12-23(13-16-24)28-20-27(21(3)19-25-10-8-18-34-25)31-33(28)29-17-14-22-9-6-7-11-26(22)30-29/h6-19,28H,4-5,20H2,1-3H3. The maximum absolute atomic E-state index is 5.53. The Balaban J connectivity index is 1.52. The number of furan rings is 1. The number of hydrogen-bond acceptors (Lipinski definition) is 5. The highest BCUT2D eigenvalue weighted by Gasteiger charge is 2.31. The molecule has 1 unspecified atom stereocenters. The van der Waals surface area contributed by atoms with E-state index in [0.717, 1.165) is 53.3 Å². The minimum atomic E-state index is 0.0781. The van der Waals surface area contributed by atoms with Crippen LogP contribution in [0.4, 0.5) is 11.5 Å². The molecule has 0 radical (unpaired) electrons. The van der Waals surface area contributed by atoms with Crippen LogP contribution < -0.4 is 9.91 Å². The summed E-state index contributed by atoms with van der Waals surface area (Å²) in [5.74, 6) is 1.69. The molecule has 0 saturated carbocycles. The van der Waals surface area contributed by atoms with E-state index in [-0.39, 0.29) is 6.04 Å². The Bertz CT molecular complexity index is 1320. The second-order valence-corrected chi connectivity index (χ2v) is 8.58. The van der Waals surface area contributed by atoms with Gasteiger partial charge in [0.2, 0.25) is 0 Å². The Labute approximate surface area is 201 Å². The normalized spacial score (nSPS) is 16.2. The topological polar surface area (TPSA) is 44.9 Å². The second kappa shape index (κ2) is 9.56. The highest BCUT2D eigenvalue weighted by molar-refractivity contribution is 6.05. The van der Waals surface area contributed by atoms with E-state index in [1.54, 1.807) is 6.26 Å². The molecule has 0 bridgehead atoms. The average Bonchev–Trinajstić information content (AvgIpc) is 3.55. The van der Waals surface area contributed by atoms with Gasteiger partial charge in [-0.25, -0.2) is 9.99 Å². The molecule has 5 nitrogen and oxygen atoms in total. The number of anilines is 2. The van der Waals surface area contributed by atoms with Gasteiger partial charge in [-0.1, -0.05) is 30.3 Å². The third-order valence-corrected chi connectivity index (χ3v) is 6.49. The lowest BCUT2D eigenvalue weighted by molar-refractivity contribution is 0.557. The lowest BCUT2D eigenvalue weighted by Crippen LogP contribution is -2.22. The van der Waals surface area contributed by atoms with E-state index in [9.17, 15) is 0 Å². The third kappa shape index (κ3) is 4.34. The van der Waals surface area contributed by atoms with E-state index in [1.165, 1.54) is 11.3 Å². The molecule has 1 aliphatic heterocycles. The number of para-hydroxylation sites is 1. The van der Waals surface area contributed by atoms with Crippen LogP contribution in [0.25, 0.3) is 17.0 Å². The van der Waals surface area contributed by atoms with E-state index in [4.69, 9.17) is 14.5 Å². The van der Waals surface area contributed by atoms with E-state index in [2.05, 4.69) is 85.3 Å². The van der Waals surface area contributed by atoms with Crippen molar-refractivity contribution in [2.24, 2.45) is 5.10 Å². The molecule has 0 aliphatic carbocycles. The molecule has 5 rings (SSSR count). The minimum absolute atomic E-state index is 0.0781. The number of pyridine rings is 1. The molecule has 2 aromatic carbocycles. The number of benzene rings is 2. The molecule has 0 fully saturated rings. The quantitative estimate of drug-likeness (QED) is 0.302. The van der Waals surface area contributed by atoms with Crippen molar-refractivity contribution in [3.8, 4) is 0 Å². The number of rotatable bonds is 7. The molecular formula is C29H30N4O. The molecule has 0 saturated heterocycles. The summed E-state index contributed by atoms with van der Waals surface area (Å²) in [6, 6.07) is 25.2. The van der Waals surface area contributed by atoms with Gasteiger partial charge in [0.25, 0.3) is 0 Å². The van der Waals surface area contributed by atoms with Gasteiger partial charge in [-0.3, -0.25) is 0 Å². The highest BCUT2D eigenvalue weighted by Crippen LogP contribution is 2.37. The summed E-state index contributed by atoms with van der Waals surface area (Å²) in [6.07, 6.45) is 4.56. The predicted octanol–water partition coefficient (Wildman–Crippen LogP) is 7.08. The molecule has 1 atom stereocenters. The zero-order valence-corrected chi connectivity index (χ0v) is 20.0. The summed E-state index contributed by atoms with van der Waals surface area (Å²) in [5, 5.41) is 8.27.